The zero-order valence-corrected chi connectivity index (χ0v) is 71.0. The number of hydrogen-bond donors (Lipinski definition) is 3. The molecule has 0 amide bonds. The minimum absolute atomic E-state index is 0.107. The fourth-order valence-corrected chi connectivity index (χ4v) is 14.9. The number of phosphoric acid groups is 2. The van der Waals surface area contributed by atoms with Gasteiger partial charge in [-0.2, -0.15) is 0 Å². The summed E-state index contributed by atoms with van der Waals surface area (Å²) < 4.78 is 68.8. The number of ether oxygens (including phenoxy) is 4. The Kier molecular flexibility index (Phi) is 74.7. The zero-order valence-electron chi connectivity index (χ0n) is 69.2. The zero-order chi connectivity index (χ0) is 77.2. The highest BCUT2D eigenvalue weighted by Crippen LogP contribution is 2.45. The monoisotopic (exact) mass is 1540 g/mol. The molecule has 5 atom stereocenters. The van der Waals surface area contributed by atoms with Crippen LogP contribution in [0.15, 0.2) is 0 Å². The average molecular weight is 1540 g/mol. The van der Waals surface area contributed by atoms with Crippen molar-refractivity contribution in [2.24, 2.45) is 17.8 Å². The third kappa shape index (κ3) is 79.9. The molecule has 0 spiro atoms. The number of rotatable bonds is 84. The van der Waals surface area contributed by atoms with Gasteiger partial charge in [0.25, 0.3) is 0 Å². The van der Waals surface area contributed by atoms with E-state index in [1.807, 2.05) is 0 Å². The largest absolute Gasteiger partial charge is 0.472 e. The first-order valence-electron chi connectivity index (χ1n) is 44.3. The molecule has 0 heterocycles. The number of carbonyl (C=O) groups is 4. The van der Waals surface area contributed by atoms with Crippen LogP contribution in [0.2, 0.25) is 0 Å². The Morgan fingerprint density at radius 3 is 0.648 bits per heavy atom. The van der Waals surface area contributed by atoms with Crippen LogP contribution in [0, 0.1) is 17.8 Å². The fourth-order valence-electron chi connectivity index (χ4n) is 13.4. The number of aliphatic hydroxyl groups is 1. The molecule has 19 heteroatoms. The molecule has 17 nitrogen and oxygen atoms in total. The summed E-state index contributed by atoms with van der Waals surface area (Å²) in [7, 11) is -9.92. The summed E-state index contributed by atoms with van der Waals surface area (Å²) >= 11 is 0. The van der Waals surface area contributed by atoms with Gasteiger partial charge in [0, 0.05) is 25.7 Å². The lowest BCUT2D eigenvalue weighted by Crippen LogP contribution is -2.30. The van der Waals surface area contributed by atoms with Crippen LogP contribution in [-0.2, 0) is 65.4 Å². The Morgan fingerprint density at radius 2 is 0.438 bits per heavy atom. The van der Waals surface area contributed by atoms with Crippen molar-refractivity contribution < 1.29 is 80.2 Å². The summed E-state index contributed by atoms with van der Waals surface area (Å²) in [4.78, 5) is 73.1. The van der Waals surface area contributed by atoms with Crippen molar-refractivity contribution in [1.82, 2.24) is 0 Å². The summed E-state index contributed by atoms with van der Waals surface area (Å²) in [5.41, 5.74) is 0. The molecule has 0 aliphatic heterocycles. The molecule has 0 aromatic heterocycles. The molecule has 2 unspecified atom stereocenters. The molecule has 0 radical (unpaired) electrons. The first-order valence-corrected chi connectivity index (χ1v) is 47.3. The van der Waals surface area contributed by atoms with Gasteiger partial charge >= 0.3 is 39.5 Å². The topological polar surface area (TPSA) is 237 Å². The van der Waals surface area contributed by atoms with Crippen molar-refractivity contribution in [1.29, 1.82) is 0 Å². The summed E-state index contributed by atoms with van der Waals surface area (Å²) in [6.45, 7) is 12.0. The Morgan fingerprint density at radius 1 is 0.257 bits per heavy atom. The second kappa shape index (κ2) is 76.1. The first-order chi connectivity index (χ1) is 50.7. The van der Waals surface area contributed by atoms with Crippen molar-refractivity contribution in [2.45, 2.75) is 471 Å². The maximum atomic E-state index is 13.1. The molecule has 0 fully saturated rings. The van der Waals surface area contributed by atoms with Crippen molar-refractivity contribution >= 4 is 39.5 Å². The maximum absolute atomic E-state index is 13.1. The minimum Gasteiger partial charge on any atom is -0.462 e. The minimum atomic E-state index is -4.97. The van der Waals surface area contributed by atoms with Crippen molar-refractivity contribution in [3.05, 3.63) is 0 Å². The van der Waals surface area contributed by atoms with Gasteiger partial charge in [-0.15, -0.1) is 0 Å². The van der Waals surface area contributed by atoms with Crippen LogP contribution in [0.25, 0.3) is 0 Å². The van der Waals surface area contributed by atoms with Gasteiger partial charge in [-0.25, -0.2) is 9.13 Å². The van der Waals surface area contributed by atoms with Gasteiger partial charge in [0.05, 0.1) is 26.4 Å². The molecule has 0 aromatic carbocycles. The van der Waals surface area contributed by atoms with E-state index in [1.54, 1.807) is 0 Å². The quantitative estimate of drug-likeness (QED) is 0.0222. The van der Waals surface area contributed by atoms with Gasteiger partial charge in [0.15, 0.2) is 12.2 Å². The van der Waals surface area contributed by atoms with Gasteiger partial charge in [0.2, 0.25) is 0 Å². The van der Waals surface area contributed by atoms with Gasteiger partial charge in [-0.3, -0.25) is 37.3 Å². The van der Waals surface area contributed by atoms with Gasteiger partial charge in [-0.05, 0) is 43.4 Å². The molecule has 0 aliphatic carbocycles. The van der Waals surface area contributed by atoms with E-state index in [0.29, 0.717) is 25.7 Å². The third-order valence-corrected chi connectivity index (χ3v) is 22.0. The second-order valence-corrected chi connectivity index (χ2v) is 35.3. The van der Waals surface area contributed by atoms with Crippen LogP contribution in [0.1, 0.15) is 453 Å². The first kappa shape index (κ1) is 103. The van der Waals surface area contributed by atoms with Gasteiger partial charge in [-0.1, -0.05) is 402 Å². The van der Waals surface area contributed by atoms with Gasteiger partial charge < -0.3 is 33.8 Å². The highest BCUT2D eigenvalue weighted by Gasteiger charge is 2.30. The smallest absolute Gasteiger partial charge is 0.462 e. The number of aliphatic hydroxyl groups excluding tert-OH is 1. The SMILES string of the molecule is CCCCCCCCCCC(=O)OC[C@H](COP(=O)(O)OC[C@H](O)COP(=O)(O)OC[C@@H](COC(=O)CCCCCCCCCCCCCCCCCCC(C)C)OC(=O)CCCCCCCCCCCCCCCCCCCCC(C)C)OC(=O)CCCCCCCCCCCCCCCCC(C)C. The van der Waals surface area contributed by atoms with E-state index >= 15 is 0 Å². The standard InChI is InChI=1S/C86H168O17P2/c1-8-9-10-11-12-46-53-60-67-83(88)96-73-81(102-85(90)70-63-56-49-42-36-30-24-23-27-33-39-45-52-59-66-79(6)7)75-100-104(92,93)98-71-80(87)72-99-105(94,95)101-76-82(74-97-84(89)68-61-54-47-40-34-28-21-18-17-20-26-32-38-44-51-58-65-78(4)5)103-86(91)69-62-55-48-41-35-29-22-16-14-13-15-19-25-31-37-43-50-57-64-77(2)3/h77-82,87H,8-76H2,1-7H3,(H,92,93)(H,94,95)/t80-,81+,82+/m0/s1. The van der Waals surface area contributed by atoms with Gasteiger partial charge in [0.1, 0.15) is 19.3 Å². The van der Waals surface area contributed by atoms with Crippen LogP contribution >= 0.6 is 15.6 Å². The maximum Gasteiger partial charge on any atom is 0.472 e. The lowest BCUT2D eigenvalue weighted by Gasteiger charge is -2.21. The Balaban J connectivity index is 5.19. The highest BCUT2D eigenvalue weighted by molar-refractivity contribution is 7.47. The molecular formula is C86H168O17P2. The van der Waals surface area contributed by atoms with E-state index in [4.69, 9.17) is 37.0 Å². The summed E-state index contributed by atoms with van der Waals surface area (Å²) in [6.07, 6.45) is 66.8. The summed E-state index contributed by atoms with van der Waals surface area (Å²) in [5, 5.41) is 10.7. The van der Waals surface area contributed by atoms with Crippen LogP contribution in [0.4, 0.5) is 0 Å². The molecule has 0 saturated heterocycles. The van der Waals surface area contributed by atoms with E-state index < -0.39 is 97.5 Å². The molecule has 3 N–H and O–H groups in total. The molecule has 0 rings (SSSR count). The predicted molar refractivity (Wildman–Crippen MR) is 432 cm³/mol. The normalized spacial score (nSPS) is 13.9. The predicted octanol–water partition coefficient (Wildman–Crippen LogP) is 26.1. The number of phosphoric ester groups is 2. The van der Waals surface area contributed by atoms with E-state index in [0.717, 1.165) is 114 Å². The van der Waals surface area contributed by atoms with Crippen LogP contribution in [0.5, 0.6) is 0 Å². The molecule has 105 heavy (non-hydrogen) atoms. The number of unbranched alkanes of at least 4 members (excludes halogenated alkanes) is 52. The number of hydrogen-bond acceptors (Lipinski definition) is 15. The van der Waals surface area contributed by atoms with Crippen LogP contribution in [0.3, 0.4) is 0 Å². The molecule has 0 aliphatic rings. The Bertz CT molecular complexity index is 2030. The molecule has 624 valence electrons. The van der Waals surface area contributed by atoms with E-state index in [9.17, 15) is 43.2 Å². The molecule has 0 bridgehead atoms. The Labute approximate surface area is 645 Å². The lowest BCUT2D eigenvalue weighted by molar-refractivity contribution is -0.161. The lowest BCUT2D eigenvalue weighted by atomic mass is 10.0. The number of esters is 4. The fraction of sp³-hybridized carbons (Fsp3) is 0.953. The van der Waals surface area contributed by atoms with E-state index in [1.165, 1.54) is 257 Å². The van der Waals surface area contributed by atoms with Crippen LogP contribution < -0.4 is 0 Å². The molecule has 0 aromatic rings. The van der Waals surface area contributed by atoms with Crippen molar-refractivity contribution in [3.8, 4) is 0 Å². The van der Waals surface area contributed by atoms with E-state index in [2.05, 4.69) is 48.5 Å². The third-order valence-electron chi connectivity index (χ3n) is 20.1. The molecular weight excluding hydrogens is 1370 g/mol. The Hall–Kier alpha value is -1.94. The van der Waals surface area contributed by atoms with Crippen molar-refractivity contribution in [2.75, 3.05) is 39.6 Å². The second-order valence-electron chi connectivity index (χ2n) is 32.4. The van der Waals surface area contributed by atoms with E-state index in [-0.39, 0.29) is 25.7 Å². The molecule has 0 saturated carbocycles. The van der Waals surface area contributed by atoms with Crippen molar-refractivity contribution in [3.63, 3.8) is 0 Å². The van der Waals surface area contributed by atoms with Crippen LogP contribution in [-0.4, -0.2) is 96.7 Å². The number of carbonyl (C=O) groups excluding carboxylic acids is 4. The highest BCUT2D eigenvalue weighted by atomic mass is 31.2. The summed E-state index contributed by atoms with van der Waals surface area (Å²) in [5.74, 6) is 0.322. The summed E-state index contributed by atoms with van der Waals surface area (Å²) in [6, 6.07) is 0. The average Bonchev–Trinajstić information content (AvgIpc) is 0.906.